The first-order chi connectivity index (χ1) is 13.8. The molecule has 29 heavy (non-hydrogen) atoms. The number of halogens is 1. The summed E-state index contributed by atoms with van der Waals surface area (Å²) in [6, 6.07) is 10.4. The van der Waals surface area contributed by atoms with Gasteiger partial charge in [0.15, 0.2) is 11.5 Å². The van der Waals surface area contributed by atoms with Crippen molar-refractivity contribution in [2.75, 3.05) is 7.11 Å². The van der Waals surface area contributed by atoms with Crippen molar-refractivity contribution in [1.29, 1.82) is 0 Å². The van der Waals surface area contributed by atoms with Gasteiger partial charge in [0, 0.05) is 10.6 Å². The number of aromatic hydroxyl groups is 1. The van der Waals surface area contributed by atoms with Crippen LogP contribution in [0.5, 0.6) is 11.5 Å². The van der Waals surface area contributed by atoms with E-state index in [1.807, 2.05) is 13.8 Å². The molecule has 0 aliphatic rings. The fourth-order valence-electron chi connectivity index (χ4n) is 2.57. The molecule has 1 unspecified atom stereocenters. The molecule has 2 aromatic carbocycles. The average Bonchev–Trinajstić information content (AvgIpc) is 2.68. The highest BCUT2D eigenvalue weighted by molar-refractivity contribution is 6.30. The fraction of sp³-hybridized carbons (Fsp3) is 0.286. The quantitative estimate of drug-likeness (QED) is 0.453. The van der Waals surface area contributed by atoms with Crippen LogP contribution in [-0.2, 0) is 4.79 Å². The first kappa shape index (κ1) is 22.2. The largest absolute Gasteiger partial charge is 0.504 e. The second-order valence-electron chi connectivity index (χ2n) is 6.83. The van der Waals surface area contributed by atoms with E-state index >= 15 is 0 Å². The Morgan fingerprint density at radius 3 is 2.52 bits per heavy atom. The van der Waals surface area contributed by atoms with Gasteiger partial charge in [-0.15, -0.1) is 0 Å². The molecule has 0 saturated heterocycles. The molecule has 0 aliphatic heterocycles. The van der Waals surface area contributed by atoms with Crippen LogP contribution in [0.1, 0.15) is 36.2 Å². The number of phenolic OH excluding ortho intramolecular Hbond substituents is 1. The van der Waals surface area contributed by atoms with Gasteiger partial charge in [0.2, 0.25) is 0 Å². The number of benzene rings is 2. The summed E-state index contributed by atoms with van der Waals surface area (Å²) in [4.78, 5) is 25.0. The lowest BCUT2D eigenvalue weighted by Crippen LogP contribution is -2.46. The van der Waals surface area contributed by atoms with E-state index in [4.69, 9.17) is 16.3 Å². The molecule has 7 nitrogen and oxygen atoms in total. The maximum Gasteiger partial charge on any atom is 0.262 e. The SMILES string of the molecule is COc1cc(/C=N/NC(=O)C(CC(C)C)NC(=O)c2ccc(Cl)cc2)ccc1O. The zero-order valence-corrected chi connectivity index (χ0v) is 17.2. The van der Waals surface area contributed by atoms with Gasteiger partial charge in [0.1, 0.15) is 6.04 Å². The summed E-state index contributed by atoms with van der Waals surface area (Å²) in [6.45, 7) is 3.92. The predicted octanol–water partition coefficient (Wildman–Crippen LogP) is 3.35. The molecule has 0 radical (unpaired) electrons. The third kappa shape index (κ3) is 6.80. The van der Waals surface area contributed by atoms with Gasteiger partial charge in [-0.25, -0.2) is 5.43 Å². The van der Waals surface area contributed by atoms with E-state index in [0.717, 1.165) is 0 Å². The molecular weight excluding hydrogens is 394 g/mol. The van der Waals surface area contributed by atoms with Crippen molar-refractivity contribution in [3.05, 3.63) is 58.6 Å². The molecule has 0 aliphatic carbocycles. The predicted molar refractivity (Wildman–Crippen MR) is 113 cm³/mol. The van der Waals surface area contributed by atoms with Crippen LogP contribution in [0.2, 0.25) is 5.02 Å². The number of amides is 2. The number of hydrogen-bond donors (Lipinski definition) is 3. The first-order valence-corrected chi connectivity index (χ1v) is 9.44. The zero-order valence-electron chi connectivity index (χ0n) is 16.5. The number of hydrogen-bond acceptors (Lipinski definition) is 5. The molecule has 0 aromatic heterocycles. The summed E-state index contributed by atoms with van der Waals surface area (Å²) < 4.78 is 5.03. The molecule has 154 valence electrons. The second-order valence-corrected chi connectivity index (χ2v) is 7.26. The Hall–Kier alpha value is -3.06. The van der Waals surface area contributed by atoms with E-state index in [2.05, 4.69) is 15.8 Å². The van der Waals surface area contributed by atoms with E-state index < -0.39 is 11.9 Å². The van der Waals surface area contributed by atoms with E-state index in [0.29, 0.717) is 28.3 Å². The lowest BCUT2D eigenvalue weighted by molar-refractivity contribution is -0.123. The highest BCUT2D eigenvalue weighted by atomic mass is 35.5. The highest BCUT2D eigenvalue weighted by Gasteiger charge is 2.22. The lowest BCUT2D eigenvalue weighted by atomic mass is 10.0. The number of methoxy groups -OCH3 is 1. The standard InChI is InChI=1S/C21H24ClN3O4/c1-13(2)10-17(24-20(27)15-5-7-16(22)8-6-15)21(28)25-23-12-14-4-9-18(26)19(11-14)29-3/h4-9,11-13,17,26H,10H2,1-3H3,(H,24,27)(H,25,28)/b23-12+. The van der Waals surface area contributed by atoms with Gasteiger partial charge in [0.05, 0.1) is 13.3 Å². The summed E-state index contributed by atoms with van der Waals surface area (Å²) in [6.07, 6.45) is 1.88. The van der Waals surface area contributed by atoms with E-state index in [-0.39, 0.29) is 17.6 Å². The molecule has 0 spiro atoms. The summed E-state index contributed by atoms with van der Waals surface area (Å²) >= 11 is 5.84. The maximum atomic E-state index is 12.5. The molecule has 8 heteroatoms. The van der Waals surface area contributed by atoms with Gasteiger partial charge in [-0.1, -0.05) is 25.4 Å². The fourth-order valence-corrected chi connectivity index (χ4v) is 2.69. The van der Waals surface area contributed by atoms with Crippen molar-refractivity contribution in [2.24, 2.45) is 11.0 Å². The maximum absolute atomic E-state index is 12.5. The van der Waals surface area contributed by atoms with E-state index in [9.17, 15) is 14.7 Å². The number of rotatable bonds is 8. The molecular formula is C21H24ClN3O4. The minimum absolute atomic E-state index is 0.00981. The van der Waals surface area contributed by atoms with Gasteiger partial charge in [0.25, 0.3) is 11.8 Å². The molecule has 0 fully saturated rings. The number of nitrogens with one attached hydrogen (secondary N) is 2. The zero-order chi connectivity index (χ0) is 21.4. The summed E-state index contributed by atoms with van der Waals surface area (Å²) in [5, 5.41) is 16.8. The first-order valence-electron chi connectivity index (χ1n) is 9.06. The molecule has 0 saturated carbocycles. The Balaban J connectivity index is 2.04. The second kappa shape index (κ2) is 10.5. The van der Waals surface area contributed by atoms with Gasteiger partial charge < -0.3 is 15.2 Å². The normalized spacial score (nSPS) is 12.0. The van der Waals surface area contributed by atoms with Crippen LogP contribution >= 0.6 is 11.6 Å². The minimum Gasteiger partial charge on any atom is -0.504 e. The lowest BCUT2D eigenvalue weighted by Gasteiger charge is -2.19. The van der Waals surface area contributed by atoms with Gasteiger partial charge >= 0.3 is 0 Å². The Bertz CT molecular complexity index is 882. The number of nitrogens with zero attached hydrogens (tertiary/aromatic N) is 1. The Kier molecular flexibility index (Phi) is 8.03. The van der Waals surface area contributed by atoms with Crippen molar-refractivity contribution in [3.8, 4) is 11.5 Å². The molecule has 2 aromatic rings. The van der Waals surface area contributed by atoms with Gasteiger partial charge in [-0.05, 0) is 60.4 Å². The van der Waals surface area contributed by atoms with E-state index in [1.54, 1.807) is 36.4 Å². The van der Waals surface area contributed by atoms with Crippen molar-refractivity contribution in [1.82, 2.24) is 10.7 Å². The van der Waals surface area contributed by atoms with Crippen molar-refractivity contribution < 1.29 is 19.4 Å². The number of carbonyl (C=O) groups is 2. The Morgan fingerprint density at radius 2 is 1.90 bits per heavy atom. The van der Waals surface area contributed by atoms with Crippen molar-refractivity contribution in [2.45, 2.75) is 26.3 Å². The van der Waals surface area contributed by atoms with Crippen LogP contribution in [-0.4, -0.2) is 36.3 Å². The average molecular weight is 418 g/mol. The smallest absolute Gasteiger partial charge is 0.262 e. The monoisotopic (exact) mass is 417 g/mol. The number of hydrazone groups is 1. The van der Waals surface area contributed by atoms with Crippen molar-refractivity contribution in [3.63, 3.8) is 0 Å². The molecule has 2 amide bonds. The van der Waals surface area contributed by atoms with Crippen LogP contribution in [0.15, 0.2) is 47.6 Å². The van der Waals surface area contributed by atoms with Gasteiger partial charge in [-0.2, -0.15) is 5.10 Å². The minimum atomic E-state index is -0.746. The Morgan fingerprint density at radius 1 is 1.21 bits per heavy atom. The van der Waals surface area contributed by atoms with E-state index in [1.165, 1.54) is 19.4 Å². The van der Waals surface area contributed by atoms with Crippen LogP contribution < -0.4 is 15.5 Å². The third-order valence-corrected chi connectivity index (χ3v) is 4.28. The topological polar surface area (TPSA) is 100 Å². The number of ether oxygens (including phenoxy) is 1. The number of carbonyl (C=O) groups excluding carboxylic acids is 2. The van der Waals surface area contributed by atoms with Crippen LogP contribution in [0, 0.1) is 5.92 Å². The van der Waals surface area contributed by atoms with Crippen LogP contribution in [0.3, 0.4) is 0 Å². The summed E-state index contributed by atoms with van der Waals surface area (Å²) in [7, 11) is 1.44. The summed E-state index contributed by atoms with van der Waals surface area (Å²) in [5.41, 5.74) is 3.49. The molecule has 0 bridgehead atoms. The highest BCUT2D eigenvalue weighted by Crippen LogP contribution is 2.25. The molecule has 2 rings (SSSR count). The molecule has 3 N–H and O–H groups in total. The van der Waals surface area contributed by atoms with Gasteiger partial charge in [-0.3, -0.25) is 9.59 Å². The molecule has 1 atom stereocenters. The summed E-state index contributed by atoms with van der Waals surface area (Å²) in [5.74, 6) is -0.303. The van der Waals surface area contributed by atoms with Crippen molar-refractivity contribution >= 4 is 29.6 Å². The molecule has 0 heterocycles. The van der Waals surface area contributed by atoms with Crippen LogP contribution in [0.4, 0.5) is 0 Å². The Labute approximate surface area is 174 Å². The van der Waals surface area contributed by atoms with Crippen LogP contribution in [0.25, 0.3) is 0 Å². The third-order valence-electron chi connectivity index (χ3n) is 4.03. The number of phenols is 1.